The smallest absolute Gasteiger partial charge is 0.339 e. The lowest BCUT2D eigenvalue weighted by Crippen LogP contribution is -2.03. The molecule has 18 heavy (non-hydrogen) atoms. The highest BCUT2D eigenvalue weighted by atomic mass is 35.5. The molecule has 1 aromatic heterocycles. The minimum Gasteiger partial charge on any atom is -0.485 e. The molecule has 2 aromatic rings. The summed E-state index contributed by atoms with van der Waals surface area (Å²) in [5.41, 5.74) is 0.993. The van der Waals surface area contributed by atoms with E-state index in [1.54, 1.807) is 18.2 Å². The van der Waals surface area contributed by atoms with E-state index in [2.05, 4.69) is 0 Å². The number of carboxylic acid groups (broad SMARTS) is 1. The molecule has 0 aliphatic heterocycles. The van der Waals surface area contributed by atoms with Crippen molar-refractivity contribution in [3.63, 3.8) is 0 Å². The van der Waals surface area contributed by atoms with Crippen molar-refractivity contribution in [2.75, 3.05) is 0 Å². The van der Waals surface area contributed by atoms with Crippen molar-refractivity contribution in [3.05, 3.63) is 52.4 Å². The quantitative estimate of drug-likeness (QED) is 0.920. The third-order valence-corrected chi connectivity index (χ3v) is 2.71. The van der Waals surface area contributed by atoms with Crippen LogP contribution in [0.4, 0.5) is 0 Å². The Morgan fingerprint density at radius 2 is 2.22 bits per heavy atom. The maximum atomic E-state index is 10.9. The fourth-order valence-corrected chi connectivity index (χ4v) is 1.79. The molecule has 0 saturated heterocycles. The maximum Gasteiger partial charge on any atom is 0.339 e. The van der Waals surface area contributed by atoms with Gasteiger partial charge < -0.3 is 14.3 Å². The van der Waals surface area contributed by atoms with Gasteiger partial charge in [-0.25, -0.2) is 4.79 Å². The van der Waals surface area contributed by atoms with Crippen LogP contribution in [0.15, 0.2) is 34.9 Å². The number of carboxylic acids is 1. The number of benzene rings is 1. The van der Waals surface area contributed by atoms with Crippen LogP contribution in [0.25, 0.3) is 0 Å². The second kappa shape index (κ2) is 5.14. The van der Waals surface area contributed by atoms with E-state index in [0.717, 1.165) is 5.56 Å². The van der Waals surface area contributed by atoms with Crippen LogP contribution in [0.1, 0.15) is 21.7 Å². The van der Waals surface area contributed by atoms with Crippen molar-refractivity contribution < 1.29 is 19.1 Å². The lowest BCUT2D eigenvalue weighted by molar-refractivity contribution is 0.0692. The minimum atomic E-state index is -1.03. The van der Waals surface area contributed by atoms with Crippen LogP contribution in [-0.2, 0) is 6.61 Å². The number of halogens is 1. The fourth-order valence-electron chi connectivity index (χ4n) is 1.56. The monoisotopic (exact) mass is 266 g/mol. The number of hydrogen-bond acceptors (Lipinski definition) is 3. The summed E-state index contributed by atoms with van der Waals surface area (Å²) in [6.07, 6.45) is 1.33. The van der Waals surface area contributed by atoms with Gasteiger partial charge in [0.25, 0.3) is 0 Å². The predicted molar refractivity (Wildman–Crippen MR) is 66.2 cm³/mol. The van der Waals surface area contributed by atoms with Gasteiger partial charge in [0.1, 0.15) is 17.9 Å². The van der Waals surface area contributed by atoms with Gasteiger partial charge in [0.15, 0.2) is 5.76 Å². The van der Waals surface area contributed by atoms with Crippen molar-refractivity contribution in [2.24, 2.45) is 0 Å². The summed E-state index contributed by atoms with van der Waals surface area (Å²) in [5, 5.41) is 9.54. The van der Waals surface area contributed by atoms with E-state index in [1.807, 2.05) is 6.92 Å². The standard InChI is InChI=1S/C13H11ClO4/c1-8-6-9(14)2-3-11(8)18-7-12-10(13(15)16)4-5-17-12/h2-6H,7H2,1H3,(H,15,16). The molecule has 1 aromatic carbocycles. The van der Waals surface area contributed by atoms with Gasteiger partial charge in [-0.3, -0.25) is 0 Å². The molecule has 94 valence electrons. The summed E-state index contributed by atoms with van der Waals surface area (Å²) >= 11 is 5.83. The van der Waals surface area contributed by atoms with Crippen LogP contribution in [0.3, 0.4) is 0 Å². The van der Waals surface area contributed by atoms with Crippen LogP contribution in [0, 0.1) is 6.92 Å². The highest BCUT2D eigenvalue weighted by molar-refractivity contribution is 6.30. The molecule has 1 N–H and O–H groups in total. The minimum absolute atomic E-state index is 0.0666. The first-order valence-corrected chi connectivity index (χ1v) is 5.64. The molecular weight excluding hydrogens is 256 g/mol. The van der Waals surface area contributed by atoms with E-state index < -0.39 is 5.97 Å². The van der Waals surface area contributed by atoms with Crippen LogP contribution in [0.5, 0.6) is 5.75 Å². The summed E-state index contributed by atoms with van der Waals surface area (Å²) in [7, 11) is 0. The van der Waals surface area contributed by atoms with E-state index >= 15 is 0 Å². The van der Waals surface area contributed by atoms with Gasteiger partial charge in [0.2, 0.25) is 0 Å². The van der Waals surface area contributed by atoms with Crippen molar-refractivity contribution in [1.29, 1.82) is 0 Å². The zero-order valence-electron chi connectivity index (χ0n) is 9.64. The number of hydrogen-bond donors (Lipinski definition) is 1. The van der Waals surface area contributed by atoms with Gasteiger partial charge in [-0.1, -0.05) is 11.6 Å². The average molecular weight is 267 g/mol. The number of rotatable bonds is 4. The lowest BCUT2D eigenvalue weighted by atomic mass is 10.2. The Balaban J connectivity index is 2.11. The number of carbonyl (C=O) groups is 1. The number of aromatic carboxylic acids is 1. The van der Waals surface area contributed by atoms with Gasteiger partial charge >= 0.3 is 5.97 Å². The largest absolute Gasteiger partial charge is 0.485 e. The van der Waals surface area contributed by atoms with E-state index in [4.69, 9.17) is 25.9 Å². The average Bonchev–Trinajstić information content (AvgIpc) is 2.76. The Hall–Kier alpha value is -1.94. The maximum absolute atomic E-state index is 10.9. The Bertz CT molecular complexity index is 574. The molecule has 0 spiro atoms. The van der Waals surface area contributed by atoms with Gasteiger partial charge in [-0.05, 0) is 36.8 Å². The molecule has 4 nitrogen and oxygen atoms in total. The Kier molecular flexibility index (Phi) is 3.58. The highest BCUT2D eigenvalue weighted by Crippen LogP contribution is 2.23. The van der Waals surface area contributed by atoms with E-state index in [9.17, 15) is 4.79 Å². The zero-order valence-corrected chi connectivity index (χ0v) is 10.4. The molecule has 0 unspecified atom stereocenters. The van der Waals surface area contributed by atoms with Crippen molar-refractivity contribution in [2.45, 2.75) is 13.5 Å². The van der Waals surface area contributed by atoms with Gasteiger partial charge in [-0.15, -0.1) is 0 Å². The second-order valence-corrected chi connectivity index (χ2v) is 4.20. The molecule has 0 radical (unpaired) electrons. The van der Waals surface area contributed by atoms with Gasteiger partial charge in [0.05, 0.1) is 6.26 Å². The second-order valence-electron chi connectivity index (χ2n) is 3.76. The Morgan fingerprint density at radius 3 is 2.89 bits per heavy atom. The molecule has 0 atom stereocenters. The van der Waals surface area contributed by atoms with Crippen molar-refractivity contribution in [1.82, 2.24) is 0 Å². The lowest BCUT2D eigenvalue weighted by Gasteiger charge is -2.08. The molecule has 2 rings (SSSR count). The molecule has 0 fully saturated rings. The molecule has 0 saturated carbocycles. The Morgan fingerprint density at radius 1 is 1.44 bits per heavy atom. The topological polar surface area (TPSA) is 59.7 Å². The van der Waals surface area contributed by atoms with Crippen LogP contribution in [-0.4, -0.2) is 11.1 Å². The summed E-state index contributed by atoms with van der Waals surface area (Å²) in [5.74, 6) is -0.0980. The first kappa shape index (κ1) is 12.5. The first-order chi connectivity index (χ1) is 8.58. The normalized spacial score (nSPS) is 10.3. The Labute approximate surface area is 109 Å². The molecule has 0 aliphatic rings. The van der Waals surface area contributed by atoms with Crippen LogP contribution >= 0.6 is 11.6 Å². The SMILES string of the molecule is Cc1cc(Cl)ccc1OCc1occc1C(=O)O. The molecule has 5 heteroatoms. The summed E-state index contributed by atoms with van der Waals surface area (Å²) < 4.78 is 10.6. The fraction of sp³-hybridized carbons (Fsp3) is 0.154. The van der Waals surface area contributed by atoms with E-state index in [0.29, 0.717) is 10.8 Å². The third-order valence-electron chi connectivity index (χ3n) is 2.47. The number of furan rings is 1. The zero-order chi connectivity index (χ0) is 13.1. The van der Waals surface area contributed by atoms with Gasteiger partial charge in [-0.2, -0.15) is 0 Å². The predicted octanol–water partition coefficient (Wildman–Crippen LogP) is 3.52. The van der Waals surface area contributed by atoms with Crippen LogP contribution < -0.4 is 4.74 Å². The molecule has 1 heterocycles. The van der Waals surface area contributed by atoms with Crippen LogP contribution in [0.2, 0.25) is 5.02 Å². The van der Waals surface area contributed by atoms with Crippen molar-refractivity contribution >= 4 is 17.6 Å². The molecule has 0 aliphatic carbocycles. The number of aryl methyl sites for hydroxylation is 1. The molecule has 0 bridgehead atoms. The van der Waals surface area contributed by atoms with Crippen molar-refractivity contribution in [3.8, 4) is 5.75 Å². The van der Waals surface area contributed by atoms with Gasteiger partial charge in [0, 0.05) is 5.02 Å². The summed E-state index contributed by atoms with van der Waals surface area (Å²) in [6, 6.07) is 6.62. The number of ether oxygens (including phenoxy) is 1. The summed E-state index contributed by atoms with van der Waals surface area (Å²) in [6.45, 7) is 1.93. The molecule has 0 amide bonds. The first-order valence-electron chi connectivity index (χ1n) is 5.26. The van der Waals surface area contributed by atoms with E-state index in [1.165, 1.54) is 12.3 Å². The summed E-state index contributed by atoms with van der Waals surface area (Å²) in [4.78, 5) is 10.9. The highest BCUT2D eigenvalue weighted by Gasteiger charge is 2.14. The van der Waals surface area contributed by atoms with E-state index in [-0.39, 0.29) is 17.9 Å². The molecular formula is C13H11ClO4. The third kappa shape index (κ3) is 2.65.